The maximum Gasteiger partial charge on any atom is 0.234 e. The van der Waals surface area contributed by atoms with Gasteiger partial charge in [0.2, 0.25) is 5.91 Å². The highest BCUT2D eigenvalue weighted by Crippen LogP contribution is 2.23. The van der Waals surface area contributed by atoms with E-state index in [-0.39, 0.29) is 11.7 Å². The third kappa shape index (κ3) is 4.47. The Morgan fingerprint density at radius 2 is 1.92 bits per heavy atom. The van der Waals surface area contributed by atoms with Gasteiger partial charge in [0.15, 0.2) is 5.16 Å². The molecule has 134 valence electrons. The molecule has 0 atom stereocenters. The quantitative estimate of drug-likeness (QED) is 0.641. The van der Waals surface area contributed by atoms with Crippen molar-refractivity contribution in [2.75, 3.05) is 17.3 Å². The largest absolute Gasteiger partial charge is 0.325 e. The summed E-state index contributed by atoms with van der Waals surface area (Å²) < 4.78 is 1.97. The lowest BCUT2D eigenvalue weighted by molar-refractivity contribution is -0.113. The molecule has 0 bridgehead atoms. The fourth-order valence-corrected chi connectivity index (χ4v) is 3.79. The molecule has 0 aliphatic heterocycles. The molecular weight excluding hydrogens is 364 g/mol. The van der Waals surface area contributed by atoms with Crippen LogP contribution < -0.4 is 5.32 Å². The molecule has 0 aliphatic carbocycles. The van der Waals surface area contributed by atoms with E-state index >= 15 is 0 Å². The first-order chi connectivity index (χ1) is 12.6. The summed E-state index contributed by atoms with van der Waals surface area (Å²) in [5.41, 5.74) is 2.97. The van der Waals surface area contributed by atoms with Crippen molar-refractivity contribution in [1.82, 2.24) is 14.8 Å². The van der Waals surface area contributed by atoms with Crippen molar-refractivity contribution in [3.63, 3.8) is 0 Å². The number of carbonyl (C=O) groups is 1. The van der Waals surface area contributed by atoms with Crippen molar-refractivity contribution in [2.45, 2.75) is 23.9 Å². The summed E-state index contributed by atoms with van der Waals surface area (Å²) in [6.07, 6.45) is 2.01. The Labute approximate surface area is 161 Å². The van der Waals surface area contributed by atoms with E-state index in [1.54, 1.807) is 11.8 Å². The molecule has 1 aromatic heterocycles. The van der Waals surface area contributed by atoms with E-state index < -0.39 is 0 Å². The van der Waals surface area contributed by atoms with Gasteiger partial charge in [0, 0.05) is 16.3 Å². The zero-order valence-corrected chi connectivity index (χ0v) is 16.5. The molecule has 1 N–H and O–H groups in total. The molecule has 0 saturated heterocycles. The smallest absolute Gasteiger partial charge is 0.234 e. The van der Waals surface area contributed by atoms with E-state index in [1.807, 2.05) is 67.1 Å². The van der Waals surface area contributed by atoms with Gasteiger partial charge in [-0.1, -0.05) is 30.0 Å². The van der Waals surface area contributed by atoms with E-state index in [4.69, 9.17) is 0 Å². The summed E-state index contributed by atoms with van der Waals surface area (Å²) in [6, 6.07) is 16.0. The molecular formula is C19H20N4OS2. The highest BCUT2D eigenvalue weighted by molar-refractivity contribution is 7.99. The van der Waals surface area contributed by atoms with E-state index in [0.29, 0.717) is 5.16 Å². The Hall–Kier alpha value is -2.25. The van der Waals surface area contributed by atoms with Crippen molar-refractivity contribution in [1.29, 1.82) is 0 Å². The topological polar surface area (TPSA) is 59.8 Å². The zero-order valence-electron chi connectivity index (χ0n) is 14.9. The molecule has 2 aromatic carbocycles. The summed E-state index contributed by atoms with van der Waals surface area (Å²) in [5.74, 6) is 1.00. The summed E-state index contributed by atoms with van der Waals surface area (Å²) in [4.78, 5) is 13.4. The molecule has 7 heteroatoms. The van der Waals surface area contributed by atoms with Crippen LogP contribution in [-0.2, 0) is 4.79 Å². The van der Waals surface area contributed by atoms with Crippen molar-refractivity contribution in [3.8, 4) is 5.69 Å². The number of aromatic nitrogens is 3. The van der Waals surface area contributed by atoms with Gasteiger partial charge in [-0.2, -0.15) is 0 Å². The molecule has 0 unspecified atom stereocenters. The predicted octanol–water partition coefficient (Wildman–Crippen LogP) is 4.34. The first-order valence-electron chi connectivity index (χ1n) is 8.12. The van der Waals surface area contributed by atoms with Crippen molar-refractivity contribution < 1.29 is 4.79 Å². The SMILES string of the molecule is CSc1cccc(NC(=O)CSc2nnc(C)n2-c2cccc(C)c2)c1. The van der Waals surface area contributed by atoms with E-state index in [9.17, 15) is 4.79 Å². The van der Waals surface area contributed by atoms with Crippen LogP contribution in [0.1, 0.15) is 11.4 Å². The molecule has 3 aromatic rings. The fraction of sp³-hybridized carbons (Fsp3) is 0.211. The molecule has 3 rings (SSSR count). The van der Waals surface area contributed by atoms with E-state index in [0.717, 1.165) is 27.7 Å². The Kier molecular flexibility index (Phi) is 6.00. The van der Waals surface area contributed by atoms with Crippen LogP contribution in [-0.4, -0.2) is 32.7 Å². The van der Waals surface area contributed by atoms with E-state index in [2.05, 4.69) is 21.6 Å². The second-order valence-electron chi connectivity index (χ2n) is 5.77. The van der Waals surface area contributed by atoms with Crippen LogP contribution in [0.2, 0.25) is 0 Å². The standard InChI is InChI=1S/C19H20N4OS2/c1-13-6-4-8-16(10-13)23-14(2)21-22-19(23)26-12-18(24)20-15-7-5-9-17(11-15)25-3/h4-11H,12H2,1-3H3,(H,20,24). The summed E-state index contributed by atoms with van der Waals surface area (Å²) in [7, 11) is 0. The molecule has 0 saturated carbocycles. The van der Waals surface area contributed by atoms with Gasteiger partial charge in [-0.25, -0.2) is 0 Å². The number of rotatable bonds is 6. The number of hydrogen-bond donors (Lipinski definition) is 1. The number of hydrogen-bond acceptors (Lipinski definition) is 5. The van der Waals surface area contributed by atoms with Gasteiger partial charge in [-0.3, -0.25) is 9.36 Å². The number of amides is 1. The number of carbonyl (C=O) groups excluding carboxylic acids is 1. The van der Waals surface area contributed by atoms with Crippen molar-refractivity contribution in [3.05, 3.63) is 59.9 Å². The first kappa shape index (κ1) is 18.5. The Balaban J connectivity index is 1.69. The Morgan fingerprint density at radius 1 is 1.12 bits per heavy atom. The van der Waals surface area contributed by atoms with Gasteiger partial charge in [0.25, 0.3) is 0 Å². The number of aryl methyl sites for hydroxylation is 2. The lowest BCUT2D eigenvalue weighted by Crippen LogP contribution is -2.14. The van der Waals surface area contributed by atoms with Gasteiger partial charge < -0.3 is 5.32 Å². The minimum atomic E-state index is -0.0651. The Morgan fingerprint density at radius 3 is 2.69 bits per heavy atom. The minimum absolute atomic E-state index is 0.0651. The van der Waals surface area contributed by atoms with Crippen LogP contribution in [0.5, 0.6) is 0 Å². The normalized spacial score (nSPS) is 10.7. The van der Waals surface area contributed by atoms with Gasteiger partial charge >= 0.3 is 0 Å². The zero-order chi connectivity index (χ0) is 18.5. The number of thioether (sulfide) groups is 2. The van der Waals surface area contributed by atoms with Gasteiger partial charge in [-0.05, 0) is 56.0 Å². The van der Waals surface area contributed by atoms with Crippen molar-refractivity contribution >= 4 is 35.1 Å². The maximum atomic E-state index is 12.3. The average molecular weight is 385 g/mol. The number of anilines is 1. The average Bonchev–Trinajstić information content (AvgIpc) is 3.00. The van der Waals surface area contributed by atoms with Gasteiger partial charge in [0.1, 0.15) is 5.82 Å². The molecule has 0 aliphatic rings. The molecule has 0 radical (unpaired) electrons. The number of nitrogens with one attached hydrogen (secondary N) is 1. The molecule has 1 heterocycles. The van der Waals surface area contributed by atoms with Crippen LogP contribution in [0, 0.1) is 13.8 Å². The number of nitrogens with zero attached hydrogens (tertiary/aromatic N) is 3. The third-order valence-corrected chi connectivity index (χ3v) is 5.40. The molecule has 0 spiro atoms. The molecule has 1 amide bonds. The van der Waals surface area contributed by atoms with E-state index in [1.165, 1.54) is 11.8 Å². The lowest BCUT2D eigenvalue weighted by Gasteiger charge is -2.09. The van der Waals surface area contributed by atoms with Crippen molar-refractivity contribution in [2.24, 2.45) is 0 Å². The Bertz CT molecular complexity index is 923. The lowest BCUT2D eigenvalue weighted by atomic mass is 10.2. The number of benzene rings is 2. The minimum Gasteiger partial charge on any atom is -0.325 e. The second-order valence-corrected chi connectivity index (χ2v) is 7.60. The highest BCUT2D eigenvalue weighted by atomic mass is 32.2. The predicted molar refractivity (Wildman–Crippen MR) is 108 cm³/mol. The van der Waals surface area contributed by atoms with Gasteiger partial charge in [0.05, 0.1) is 5.75 Å². The summed E-state index contributed by atoms with van der Waals surface area (Å²) >= 11 is 3.02. The first-order valence-corrected chi connectivity index (χ1v) is 10.3. The van der Waals surface area contributed by atoms with Gasteiger partial charge in [-0.15, -0.1) is 22.0 Å². The molecule has 5 nitrogen and oxygen atoms in total. The van der Waals surface area contributed by atoms with Crippen LogP contribution in [0.4, 0.5) is 5.69 Å². The third-order valence-electron chi connectivity index (χ3n) is 3.74. The van der Waals surface area contributed by atoms with Crippen LogP contribution >= 0.6 is 23.5 Å². The maximum absolute atomic E-state index is 12.3. The van der Waals surface area contributed by atoms with Crippen LogP contribution in [0.25, 0.3) is 5.69 Å². The fourth-order valence-electron chi connectivity index (χ4n) is 2.53. The summed E-state index contributed by atoms with van der Waals surface area (Å²) in [6.45, 7) is 3.96. The molecule has 0 fully saturated rings. The van der Waals surface area contributed by atoms with Crippen LogP contribution in [0.15, 0.2) is 58.6 Å². The highest BCUT2D eigenvalue weighted by Gasteiger charge is 2.13. The second kappa shape index (κ2) is 8.42. The molecule has 26 heavy (non-hydrogen) atoms. The monoisotopic (exact) mass is 384 g/mol. The van der Waals surface area contributed by atoms with Crippen LogP contribution in [0.3, 0.4) is 0 Å². The summed E-state index contributed by atoms with van der Waals surface area (Å²) in [5, 5.41) is 12.0.